The second-order valence-electron chi connectivity index (χ2n) is 5.06. The molecule has 2 aromatic rings. The van der Waals surface area contributed by atoms with Crippen LogP contribution in [0, 0.1) is 10.1 Å². The minimum absolute atomic E-state index is 0.0466. The second kappa shape index (κ2) is 5.89. The molecule has 1 amide bonds. The lowest BCUT2D eigenvalue weighted by atomic mass is 10.3. The Morgan fingerprint density at radius 3 is 2.95 bits per heavy atom. The quantitative estimate of drug-likeness (QED) is 0.636. The molecular formula is C12H16N6O3S. The summed E-state index contributed by atoms with van der Waals surface area (Å²) in [5.41, 5.74) is 0. The molecule has 0 unspecified atom stereocenters. The predicted molar refractivity (Wildman–Crippen MR) is 82.4 cm³/mol. The van der Waals surface area contributed by atoms with Gasteiger partial charge in [0.2, 0.25) is 11.7 Å². The van der Waals surface area contributed by atoms with Crippen molar-refractivity contribution in [3.05, 3.63) is 21.7 Å². The molecule has 0 atom stereocenters. The molecule has 0 spiro atoms. The number of carbonyl (C=O) groups excluding carboxylic acids is 1. The van der Waals surface area contributed by atoms with E-state index >= 15 is 0 Å². The number of aromatic nitrogens is 2. The number of fused-ring (bicyclic) bond motifs is 1. The molecule has 1 saturated heterocycles. The fourth-order valence-corrected chi connectivity index (χ4v) is 3.18. The first-order valence-electron chi connectivity index (χ1n) is 6.87. The fraction of sp³-hybridized carbons (Fsp3) is 0.500. The standard InChI is InChI=1S/C12H16N6O3S/c1-15(8-9(19)16-4-2-13-3-5-16)10-11(18(20)21)17-6-7-22-12(17)14-10/h6-7,13H,2-5,8H2,1H3. The number of nitrogens with zero attached hydrogens (tertiary/aromatic N) is 5. The van der Waals surface area contributed by atoms with Gasteiger partial charge in [0.15, 0.2) is 0 Å². The molecule has 1 aliphatic rings. The van der Waals surface area contributed by atoms with Crippen LogP contribution in [-0.4, -0.2) is 64.9 Å². The maximum Gasteiger partial charge on any atom is 0.373 e. The van der Waals surface area contributed by atoms with Crippen molar-refractivity contribution >= 4 is 33.8 Å². The fourth-order valence-electron chi connectivity index (χ4n) is 2.48. The van der Waals surface area contributed by atoms with E-state index in [-0.39, 0.29) is 24.1 Å². The number of anilines is 1. The summed E-state index contributed by atoms with van der Waals surface area (Å²) in [6.07, 6.45) is 1.61. The number of hydrogen-bond donors (Lipinski definition) is 1. The summed E-state index contributed by atoms with van der Waals surface area (Å²) in [5.74, 6) is 0.0712. The van der Waals surface area contributed by atoms with Crippen molar-refractivity contribution in [3.8, 4) is 0 Å². The van der Waals surface area contributed by atoms with Crippen LogP contribution in [0.3, 0.4) is 0 Å². The maximum absolute atomic E-state index is 12.3. The molecule has 2 aromatic heterocycles. The molecule has 10 heteroatoms. The Kier molecular flexibility index (Phi) is 3.94. The number of rotatable bonds is 4. The molecule has 9 nitrogen and oxygen atoms in total. The summed E-state index contributed by atoms with van der Waals surface area (Å²) in [6.45, 7) is 2.94. The van der Waals surface area contributed by atoms with E-state index in [0.717, 1.165) is 13.1 Å². The van der Waals surface area contributed by atoms with E-state index in [1.54, 1.807) is 28.4 Å². The Bertz CT molecular complexity index is 705. The molecule has 0 saturated carbocycles. The van der Waals surface area contributed by atoms with Crippen LogP contribution in [0.4, 0.5) is 11.6 Å². The zero-order valence-corrected chi connectivity index (χ0v) is 12.9. The Labute approximate surface area is 130 Å². The Hall–Kier alpha value is -2.20. The SMILES string of the molecule is CN(CC(=O)N1CCNCC1)c1nc2sccn2c1[N+](=O)[O-]. The third kappa shape index (κ3) is 2.62. The van der Waals surface area contributed by atoms with Gasteiger partial charge in [-0.25, -0.2) is 0 Å². The lowest BCUT2D eigenvalue weighted by Gasteiger charge is -2.29. The molecule has 1 fully saturated rings. The van der Waals surface area contributed by atoms with Gasteiger partial charge in [0.05, 0.1) is 6.54 Å². The van der Waals surface area contributed by atoms with Gasteiger partial charge in [-0.05, 0) is 4.92 Å². The summed E-state index contributed by atoms with van der Waals surface area (Å²) in [6, 6.07) is 0. The van der Waals surface area contributed by atoms with E-state index in [2.05, 4.69) is 10.3 Å². The van der Waals surface area contributed by atoms with Gasteiger partial charge in [0.1, 0.15) is 6.20 Å². The smallest absolute Gasteiger partial charge is 0.358 e. The van der Waals surface area contributed by atoms with Crippen molar-refractivity contribution in [3.63, 3.8) is 0 Å². The Morgan fingerprint density at radius 2 is 2.27 bits per heavy atom. The van der Waals surface area contributed by atoms with Crippen LogP contribution in [0.25, 0.3) is 4.96 Å². The minimum Gasteiger partial charge on any atom is -0.358 e. The van der Waals surface area contributed by atoms with Gasteiger partial charge in [0.25, 0.3) is 4.96 Å². The summed E-state index contributed by atoms with van der Waals surface area (Å²) in [4.78, 5) is 31.2. The Morgan fingerprint density at radius 1 is 1.55 bits per heavy atom. The largest absolute Gasteiger partial charge is 0.373 e. The molecule has 3 rings (SSSR count). The predicted octanol–water partition coefficient (Wildman–Crippen LogP) is 0.172. The maximum atomic E-state index is 12.3. The summed E-state index contributed by atoms with van der Waals surface area (Å²) in [5, 5.41) is 16.2. The van der Waals surface area contributed by atoms with Gasteiger partial charge in [-0.15, -0.1) is 0 Å². The van der Waals surface area contributed by atoms with Crippen LogP contribution in [-0.2, 0) is 4.79 Å². The highest BCUT2D eigenvalue weighted by Crippen LogP contribution is 2.30. The van der Waals surface area contributed by atoms with Crippen LogP contribution < -0.4 is 10.2 Å². The molecule has 0 aromatic carbocycles. The van der Waals surface area contributed by atoms with Crippen molar-refractivity contribution in [1.29, 1.82) is 0 Å². The first-order chi connectivity index (χ1) is 10.6. The summed E-state index contributed by atoms with van der Waals surface area (Å²) < 4.78 is 1.44. The van der Waals surface area contributed by atoms with Crippen LogP contribution in [0.5, 0.6) is 0 Å². The highest BCUT2D eigenvalue weighted by atomic mass is 32.1. The first-order valence-corrected chi connectivity index (χ1v) is 7.75. The molecule has 118 valence electrons. The van der Waals surface area contributed by atoms with Crippen molar-refractivity contribution in [2.45, 2.75) is 0 Å². The molecule has 22 heavy (non-hydrogen) atoms. The number of amides is 1. The normalized spacial score (nSPS) is 15.2. The van der Waals surface area contributed by atoms with E-state index in [0.29, 0.717) is 18.1 Å². The monoisotopic (exact) mass is 324 g/mol. The second-order valence-corrected chi connectivity index (χ2v) is 5.93. The number of likely N-dealkylation sites (N-methyl/N-ethyl adjacent to an activating group) is 1. The number of nitrogens with one attached hydrogen (secondary N) is 1. The third-order valence-corrected chi connectivity index (χ3v) is 4.35. The molecule has 3 heterocycles. The van der Waals surface area contributed by atoms with E-state index < -0.39 is 4.92 Å². The van der Waals surface area contributed by atoms with E-state index in [9.17, 15) is 14.9 Å². The number of nitro groups is 1. The van der Waals surface area contributed by atoms with Gasteiger partial charge in [-0.1, -0.05) is 11.3 Å². The molecular weight excluding hydrogens is 308 g/mol. The average Bonchev–Trinajstić information content (AvgIpc) is 3.07. The molecule has 0 radical (unpaired) electrons. The average molecular weight is 324 g/mol. The van der Waals surface area contributed by atoms with E-state index in [1.807, 2.05) is 0 Å². The topological polar surface area (TPSA) is 96.0 Å². The van der Waals surface area contributed by atoms with Crippen molar-refractivity contribution in [2.24, 2.45) is 0 Å². The zero-order chi connectivity index (χ0) is 15.7. The van der Waals surface area contributed by atoms with Gasteiger partial charge >= 0.3 is 5.82 Å². The van der Waals surface area contributed by atoms with Gasteiger partial charge < -0.3 is 25.2 Å². The van der Waals surface area contributed by atoms with Crippen LogP contribution in [0.2, 0.25) is 0 Å². The highest BCUT2D eigenvalue weighted by Gasteiger charge is 2.28. The van der Waals surface area contributed by atoms with Crippen molar-refractivity contribution < 1.29 is 9.72 Å². The van der Waals surface area contributed by atoms with Gasteiger partial charge in [-0.2, -0.15) is 9.38 Å². The summed E-state index contributed by atoms with van der Waals surface area (Å²) >= 11 is 1.32. The van der Waals surface area contributed by atoms with E-state index in [1.165, 1.54) is 15.7 Å². The number of thiazole rings is 1. The zero-order valence-electron chi connectivity index (χ0n) is 12.1. The first kappa shape index (κ1) is 14.7. The van der Waals surface area contributed by atoms with Crippen LogP contribution in [0.1, 0.15) is 0 Å². The van der Waals surface area contributed by atoms with Gasteiger partial charge in [0, 0.05) is 38.6 Å². The van der Waals surface area contributed by atoms with E-state index in [4.69, 9.17) is 0 Å². The lowest BCUT2D eigenvalue weighted by Crippen LogP contribution is -2.49. The molecule has 1 N–H and O–H groups in total. The van der Waals surface area contributed by atoms with Crippen LogP contribution >= 0.6 is 11.3 Å². The Balaban J connectivity index is 1.81. The number of carbonyl (C=O) groups is 1. The number of imidazole rings is 1. The molecule has 0 aliphatic carbocycles. The van der Waals surface area contributed by atoms with Crippen LogP contribution in [0.15, 0.2) is 11.6 Å². The minimum atomic E-state index is -0.464. The van der Waals surface area contributed by atoms with Crippen molar-refractivity contribution in [2.75, 3.05) is 44.7 Å². The van der Waals surface area contributed by atoms with Gasteiger partial charge in [-0.3, -0.25) is 4.79 Å². The molecule has 0 bridgehead atoms. The molecule has 1 aliphatic heterocycles. The van der Waals surface area contributed by atoms with Crippen molar-refractivity contribution in [1.82, 2.24) is 19.6 Å². The number of piperazine rings is 1. The third-order valence-electron chi connectivity index (χ3n) is 3.60. The lowest BCUT2D eigenvalue weighted by molar-refractivity contribution is -0.389. The number of hydrogen-bond acceptors (Lipinski definition) is 7. The summed E-state index contributed by atoms with van der Waals surface area (Å²) in [7, 11) is 1.65. The highest BCUT2D eigenvalue weighted by molar-refractivity contribution is 7.15.